The topological polar surface area (TPSA) is 75.3 Å². The molecule has 1 heterocycles. The molecule has 2 unspecified atom stereocenters. The van der Waals surface area contributed by atoms with E-state index >= 15 is 0 Å². The lowest BCUT2D eigenvalue weighted by molar-refractivity contribution is -0.121. The minimum Gasteiger partial charge on any atom is -0.352 e. The Kier molecular flexibility index (Phi) is 7.25. The van der Waals surface area contributed by atoms with Crippen molar-refractivity contribution in [3.8, 4) is 11.1 Å². The Labute approximate surface area is 198 Å². The van der Waals surface area contributed by atoms with Crippen LogP contribution in [0.2, 0.25) is 0 Å². The van der Waals surface area contributed by atoms with E-state index in [0.717, 1.165) is 39.6 Å². The number of nitrogens with one attached hydrogen (secondary N) is 2. The predicted molar refractivity (Wildman–Crippen MR) is 132 cm³/mol. The van der Waals surface area contributed by atoms with Crippen LogP contribution in [-0.2, 0) is 22.6 Å². The summed E-state index contributed by atoms with van der Waals surface area (Å²) in [7, 11) is 0. The Morgan fingerprint density at radius 3 is 2.39 bits per heavy atom. The number of carbonyl (C=O) groups is 3. The zero-order valence-electron chi connectivity index (χ0n) is 18.4. The molecule has 168 valence electrons. The van der Waals surface area contributed by atoms with Gasteiger partial charge in [0, 0.05) is 13.0 Å². The van der Waals surface area contributed by atoms with Gasteiger partial charge in [0.05, 0.1) is 5.25 Å². The Bertz CT molecular complexity index is 1150. The summed E-state index contributed by atoms with van der Waals surface area (Å²) in [5, 5.41) is 4.71. The smallest absolute Gasteiger partial charge is 0.286 e. The van der Waals surface area contributed by atoms with E-state index in [1.807, 2.05) is 72.8 Å². The summed E-state index contributed by atoms with van der Waals surface area (Å²) >= 11 is 1.05. The summed E-state index contributed by atoms with van der Waals surface area (Å²) in [6, 6.07) is 26.2. The lowest BCUT2D eigenvalue weighted by Crippen LogP contribution is -2.25. The molecule has 0 saturated carbocycles. The molecule has 3 aromatic rings. The maximum atomic E-state index is 12.4. The highest BCUT2D eigenvalue weighted by atomic mass is 32.2. The lowest BCUT2D eigenvalue weighted by atomic mass is 9.97. The Hall–Kier alpha value is -3.38. The van der Waals surface area contributed by atoms with Crippen LogP contribution in [0.5, 0.6) is 0 Å². The maximum absolute atomic E-state index is 12.4. The van der Waals surface area contributed by atoms with Gasteiger partial charge in [-0.1, -0.05) is 91.5 Å². The number of benzene rings is 3. The first-order valence-corrected chi connectivity index (χ1v) is 11.9. The molecule has 0 aliphatic carbocycles. The van der Waals surface area contributed by atoms with Crippen molar-refractivity contribution < 1.29 is 14.4 Å². The SMILES string of the molecule is CC(CC(=O)NCc1cccc(-c2ccc(CC3SC(=O)NC3=O)cc2)c1)c1ccccc1. The number of hydrogen-bond donors (Lipinski definition) is 2. The fourth-order valence-electron chi connectivity index (χ4n) is 3.89. The quantitative estimate of drug-likeness (QED) is 0.495. The highest BCUT2D eigenvalue weighted by Crippen LogP contribution is 2.25. The second kappa shape index (κ2) is 10.5. The highest BCUT2D eigenvalue weighted by molar-refractivity contribution is 8.15. The first-order valence-electron chi connectivity index (χ1n) is 11.0. The zero-order chi connectivity index (χ0) is 23.2. The lowest BCUT2D eigenvalue weighted by Gasteiger charge is -2.12. The van der Waals surface area contributed by atoms with E-state index in [9.17, 15) is 14.4 Å². The van der Waals surface area contributed by atoms with E-state index in [2.05, 4.69) is 23.6 Å². The number of thioether (sulfide) groups is 1. The second-order valence-corrected chi connectivity index (χ2v) is 9.45. The van der Waals surface area contributed by atoms with E-state index in [1.54, 1.807) is 0 Å². The third kappa shape index (κ3) is 6.11. The molecule has 2 atom stereocenters. The predicted octanol–water partition coefficient (Wildman–Crippen LogP) is 5.06. The molecule has 0 radical (unpaired) electrons. The minimum absolute atomic E-state index is 0.0356. The van der Waals surface area contributed by atoms with Gasteiger partial charge in [-0.05, 0) is 46.2 Å². The zero-order valence-corrected chi connectivity index (χ0v) is 19.2. The van der Waals surface area contributed by atoms with Crippen molar-refractivity contribution in [1.29, 1.82) is 0 Å². The molecule has 3 aromatic carbocycles. The van der Waals surface area contributed by atoms with Gasteiger partial charge in [0.15, 0.2) is 0 Å². The summed E-state index contributed by atoms with van der Waals surface area (Å²) < 4.78 is 0. The number of carbonyl (C=O) groups excluding carboxylic acids is 3. The van der Waals surface area contributed by atoms with E-state index in [0.29, 0.717) is 19.4 Å². The molecule has 1 saturated heterocycles. The summed E-state index contributed by atoms with van der Waals surface area (Å²) in [6.45, 7) is 2.54. The molecular formula is C27H26N2O3S. The first kappa shape index (κ1) is 22.8. The molecule has 1 aliphatic heterocycles. The molecule has 2 N–H and O–H groups in total. The third-order valence-electron chi connectivity index (χ3n) is 5.75. The van der Waals surface area contributed by atoms with Gasteiger partial charge in [0.2, 0.25) is 11.8 Å². The molecule has 1 aliphatic rings. The van der Waals surface area contributed by atoms with Gasteiger partial charge >= 0.3 is 0 Å². The molecular weight excluding hydrogens is 432 g/mol. The van der Waals surface area contributed by atoms with Crippen molar-refractivity contribution in [2.45, 2.75) is 37.5 Å². The average Bonchev–Trinajstić information content (AvgIpc) is 3.15. The highest BCUT2D eigenvalue weighted by Gasteiger charge is 2.31. The van der Waals surface area contributed by atoms with Gasteiger partial charge in [-0.25, -0.2) is 0 Å². The number of amides is 3. The van der Waals surface area contributed by atoms with Gasteiger partial charge in [-0.2, -0.15) is 0 Å². The van der Waals surface area contributed by atoms with Crippen LogP contribution in [-0.4, -0.2) is 22.3 Å². The first-order chi connectivity index (χ1) is 16.0. The van der Waals surface area contributed by atoms with Crippen molar-refractivity contribution in [3.05, 3.63) is 95.6 Å². The molecule has 6 heteroatoms. The molecule has 1 fully saturated rings. The minimum atomic E-state index is -0.361. The van der Waals surface area contributed by atoms with Crippen molar-refractivity contribution in [3.63, 3.8) is 0 Å². The Morgan fingerprint density at radius 2 is 1.70 bits per heavy atom. The third-order valence-corrected chi connectivity index (χ3v) is 6.73. The molecule has 5 nitrogen and oxygen atoms in total. The van der Waals surface area contributed by atoms with Gasteiger partial charge < -0.3 is 5.32 Å². The number of imide groups is 1. The van der Waals surface area contributed by atoms with Gasteiger partial charge in [0.25, 0.3) is 5.24 Å². The fraction of sp³-hybridized carbons (Fsp3) is 0.222. The van der Waals surface area contributed by atoms with Crippen LogP contribution < -0.4 is 10.6 Å². The number of hydrogen-bond acceptors (Lipinski definition) is 4. The van der Waals surface area contributed by atoms with Gasteiger partial charge in [-0.3, -0.25) is 19.7 Å². The normalized spacial score (nSPS) is 16.3. The molecule has 0 bridgehead atoms. The van der Waals surface area contributed by atoms with Crippen LogP contribution >= 0.6 is 11.8 Å². The van der Waals surface area contributed by atoms with Crippen LogP contribution in [0, 0.1) is 0 Å². The van der Waals surface area contributed by atoms with E-state index in [1.165, 1.54) is 0 Å². The number of rotatable bonds is 8. The summed E-state index contributed by atoms with van der Waals surface area (Å²) in [6.07, 6.45) is 0.976. The molecule has 0 aromatic heterocycles. The van der Waals surface area contributed by atoms with E-state index in [-0.39, 0.29) is 28.2 Å². The Morgan fingerprint density at radius 1 is 0.939 bits per heavy atom. The fourth-order valence-corrected chi connectivity index (χ4v) is 4.75. The van der Waals surface area contributed by atoms with Crippen LogP contribution in [0.25, 0.3) is 11.1 Å². The van der Waals surface area contributed by atoms with Gasteiger partial charge in [0.1, 0.15) is 0 Å². The van der Waals surface area contributed by atoms with Crippen molar-refractivity contribution in [2.75, 3.05) is 0 Å². The van der Waals surface area contributed by atoms with Crippen LogP contribution in [0.3, 0.4) is 0 Å². The van der Waals surface area contributed by atoms with Crippen LogP contribution in [0.15, 0.2) is 78.9 Å². The standard InChI is InChI=1S/C27H26N2O3S/c1-18(21-7-3-2-4-8-21)14-25(30)28-17-20-6-5-9-23(15-20)22-12-10-19(11-13-22)16-24-26(31)29-27(32)33-24/h2-13,15,18,24H,14,16-17H2,1H3,(H,28,30)(H,29,31,32). The second-order valence-electron chi connectivity index (χ2n) is 8.28. The summed E-state index contributed by atoms with van der Waals surface area (Å²) in [5.74, 6) is -0.0155. The molecule has 4 rings (SSSR count). The summed E-state index contributed by atoms with van der Waals surface area (Å²) in [4.78, 5) is 35.5. The summed E-state index contributed by atoms with van der Waals surface area (Å²) in [5.41, 5.74) is 5.34. The van der Waals surface area contributed by atoms with Crippen LogP contribution in [0.1, 0.15) is 36.0 Å². The van der Waals surface area contributed by atoms with Crippen molar-refractivity contribution in [1.82, 2.24) is 10.6 Å². The van der Waals surface area contributed by atoms with E-state index < -0.39 is 0 Å². The van der Waals surface area contributed by atoms with Crippen molar-refractivity contribution >= 4 is 28.8 Å². The molecule has 0 spiro atoms. The average molecular weight is 459 g/mol. The molecule has 3 amide bonds. The molecule has 33 heavy (non-hydrogen) atoms. The maximum Gasteiger partial charge on any atom is 0.286 e. The van der Waals surface area contributed by atoms with Crippen molar-refractivity contribution in [2.24, 2.45) is 0 Å². The monoisotopic (exact) mass is 458 g/mol. The Balaban J connectivity index is 1.33. The van der Waals surface area contributed by atoms with Crippen LogP contribution in [0.4, 0.5) is 4.79 Å². The largest absolute Gasteiger partial charge is 0.352 e. The van der Waals surface area contributed by atoms with E-state index in [4.69, 9.17) is 0 Å². The van der Waals surface area contributed by atoms with Gasteiger partial charge in [-0.15, -0.1) is 0 Å².